The zero-order valence-corrected chi connectivity index (χ0v) is 12.2. The van der Waals surface area contributed by atoms with Crippen LogP contribution in [0.3, 0.4) is 0 Å². The van der Waals surface area contributed by atoms with Gasteiger partial charge in [-0.3, -0.25) is 14.9 Å². The summed E-state index contributed by atoms with van der Waals surface area (Å²) in [6.07, 6.45) is 1.40. The molecule has 1 fully saturated rings. The molecule has 23 heavy (non-hydrogen) atoms. The number of furan rings is 1. The van der Waals surface area contributed by atoms with Crippen LogP contribution >= 0.6 is 11.8 Å². The van der Waals surface area contributed by atoms with Crippen molar-refractivity contribution in [1.82, 2.24) is 5.32 Å². The lowest BCUT2D eigenvalue weighted by molar-refractivity contribution is -0.402. The Morgan fingerprint density at radius 2 is 2.17 bits per heavy atom. The zero-order valence-electron chi connectivity index (χ0n) is 11.4. The van der Waals surface area contributed by atoms with E-state index in [0.29, 0.717) is 15.8 Å². The normalized spacial score (nSPS) is 17.7. The number of hydrogen-bond donors (Lipinski definition) is 2. The van der Waals surface area contributed by atoms with E-state index >= 15 is 0 Å². The van der Waals surface area contributed by atoms with Crippen LogP contribution in [0.25, 0.3) is 6.08 Å². The minimum absolute atomic E-state index is 0.0693. The third kappa shape index (κ3) is 3.40. The van der Waals surface area contributed by atoms with Crippen LogP contribution in [0.4, 0.5) is 11.6 Å². The molecule has 1 amide bonds. The van der Waals surface area contributed by atoms with Crippen LogP contribution in [0.1, 0.15) is 5.76 Å². The minimum Gasteiger partial charge on any atom is -0.508 e. The Hall–Kier alpha value is -3.07. The maximum atomic E-state index is 11.9. The lowest BCUT2D eigenvalue weighted by Crippen LogP contribution is -2.19. The molecule has 1 aromatic carbocycles. The highest BCUT2D eigenvalue weighted by Crippen LogP contribution is 2.29. The van der Waals surface area contributed by atoms with Gasteiger partial charge in [-0.2, -0.15) is 0 Å². The fraction of sp³-hybridized carbons (Fsp3) is 0. The predicted molar refractivity (Wildman–Crippen MR) is 84.3 cm³/mol. The van der Waals surface area contributed by atoms with Crippen LogP contribution in [0.15, 0.2) is 50.7 Å². The van der Waals surface area contributed by atoms with E-state index in [1.165, 1.54) is 30.3 Å². The number of amidine groups is 1. The van der Waals surface area contributed by atoms with Gasteiger partial charge < -0.3 is 14.8 Å². The summed E-state index contributed by atoms with van der Waals surface area (Å²) in [5.74, 6) is -0.505. The monoisotopic (exact) mass is 331 g/mol. The molecule has 1 aliphatic rings. The zero-order chi connectivity index (χ0) is 16.4. The van der Waals surface area contributed by atoms with Gasteiger partial charge in [-0.1, -0.05) is 6.07 Å². The number of phenols is 1. The molecule has 0 saturated carbocycles. The van der Waals surface area contributed by atoms with Crippen molar-refractivity contribution >= 4 is 40.5 Å². The molecule has 1 saturated heterocycles. The van der Waals surface area contributed by atoms with E-state index in [-0.39, 0.29) is 17.4 Å². The number of nitrogens with one attached hydrogen (secondary N) is 1. The van der Waals surface area contributed by atoms with Crippen LogP contribution in [-0.2, 0) is 4.79 Å². The second-order valence-corrected chi connectivity index (χ2v) is 5.47. The Kier molecular flexibility index (Phi) is 3.85. The van der Waals surface area contributed by atoms with E-state index in [4.69, 9.17) is 4.42 Å². The Morgan fingerprint density at radius 1 is 1.35 bits per heavy atom. The van der Waals surface area contributed by atoms with Gasteiger partial charge in [0.05, 0.1) is 16.7 Å². The summed E-state index contributed by atoms with van der Waals surface area (Å²) in [6.45, 7) is 0. The summed E-state index contributed by atoms with van der Waals surface area (Å²) >= 11 is 1.07. The Bertz CT molecular complexity index is 856. The first-order valence-electron chi connectivity index (χ1n) is 6.34. The van der Waals surface area contributed by atoms with Crippen molar-refractivity contribution in [3.8, 4) is 5.75 Å². The topological polar surface area (TPSA) is 118 Å². The number of aliphatic imine (C=N–C) groups is 1. The molecule has 1 aromatic heterocycles. The fourth-order valence-electron chi connectivity index (χ4n) is 1.81. The molecule has 116 valence electrons. The highest BCUT2D eigenvalue weighted by atomic mass is 32.2. The fourth-order valence-corrected chi connectivity index (χ4v) is 2.63. The molecule has 3 rings (SSSR count). The highest BCUT2D eigenvalue weighted by molar-refractivity contribution is 8.18. The van der Waals surface area contributed by atoms with Crippen molar-refractivity contribution in [3.05, 3.63) is 57.2 Å². The number of carbonyl (C=O) groups is 1. The first kappa shape index (κ1) is 14.9. The molecular formula is C14H9N3O5S. The largest absolute Gasteiger partial charge is 0.508 e. The Labute approximate surface area is 133 Å². The quantitative estimate of drug-likeness (QED) is 0.507. The Balaban J connectivity index is 1.81. The van der Waals surface area contributed by atoms with Crippen LogP contribution in [0.5, 0.6) is 5.75 Å². The summed E-state index contributed by atoms with van der Waals surface area (Å²) in [6, 6.07) is 8.90. The molecule has 2 N–H and O–H groups in total. The number of amides is 1. The second-order valence-electron chi connectivity index (χ2n) is 4.43. The number of hydrogen-bond acceptors (Lipinski definition) is 7. The Morgan fingerprint density at radius 3 is 2.87 bits per heavy atom. The smallest absolute Gasteiger partial charge is 0.433 e. The van der Waals surface area contributed by atoms with Crippen molar-refractivity contribution in [2.24, 2.45) is 4.99 Å². The first-order chi connectivity index (χ1) is 11.0. The molecule has 9 heteroatoms. The van der Waals surface area contributed by atoms with Gasteiger partial charge in [0.1, 0.15) is 16.4 Å². The van der Waals surface area contributed by atoms with Gasteiger partial charge in [0.25, 0.3) is 5.91 Å². The third-order valence-electron chi connectivity index (χ3n) is 2.78. The van der Waals surface area contributed by atoms with E-state index in [1.54, 1.807) is 12.1 Å². The lowest BCUT2D eigenvalue weighted by Gasteiger charge is -1.96. The number of carbonyl (C=O) groups excluding carboxylic acids is 1. The number of thioether (sulfide) groups is 1. The van der Waals surface area contributed by atoms with Gasteiger partial charge in [0.2, 0.25) is 0 Å². The molecule has 0 unspecified atom stereocenters. The van der Waals surface area contributed by atoms with Crippen LogP contribution < -0.4 is 5.32 Å². The van der Waals surface area contributed by atoms with Crippen molar-refractivity contribution in [2.45, 2.75) is 0 Å². The molecule has 0 bridgehead atoms. The number of phenolic OH excluding ortho intramolecular Hbond substituents is 1. The molecule has 0 spiro atoms. The molecule has 2 aromatic rings. The highest BCUT2D eigenvalue weighted by Gasteiger charge is 2.24. The predicted octanol–water partition coefficient (Wildman–Crippen LogP) is 2.79. The first-order valence-corrected chi connectivity index (χ1v) is 7.16. The summed E-state index contributed by atoms with van der Waals surface area (Å²) in [7, 11) is 0. The third-order valence-corrected chi connectivity index (χ3v) is 3.69. The van der Waals surface area contributed by atoms with Gasteiger partial charge in [0.15, 0.2) is 5.17 Å². The van der Waals surface area contributed by atoms with E-state index in [9.17, 15) is 20.0 Å². The molecule has 0 radical (unpaired) electrons. The van der Waals surface area contributed by atoms with Gasteiger partial charge in [0, 0.05) is 12.1 Å². The maximum Gasteiger partial charge on any atom is 0.433 e. The van der Waals surface area contributed by atoms with Crippen molar-refractivity contribution in [1.29, 1.82) is 0 Å². The lowest BCUT2D eigenvalue weighted by atomic mass is 10.3. The summed E-state index contributed by atoms with van der Waals surface area (Å²) < 4.78 is 4.98. The average molecular weight is 331 g/mol. The standard InChI is InChI=1S/C14H9N3O5S/c18-9-3-1-2-8(6-9)15-14-16-13(19)11(23-14)7-10-4-5-12(22-10)17(20)21/h1-7,18H,(H,15,16,19)/b11-7-. The molecule has 8 nitrogen and oxygen atoms in total. The van der Waals surface area contributed by atoms with Gasteiger partial charge in [-0.15, -0.1) is 0 Å². The summed E-state index contributed by atoms with van der Waals surface area (Å²) in [4.78, 5) is 26.3. The number of nitro groups is 1. The van der Waals surface area contributed by atoms with Gasteiger partial charge in [-0.05, 0) is 30.0 Å². The molecular weight excluding hydrogens is 322 g/mol. The molecule has 1 aliphatic heterocycles. The van der Waals surface area contributed by atoms with Crippen LogP contribution in [0.2, 0.25) is 0 Å². The van der Waals surface area contributed by atoms with Crippen LogP contribution in [-0.4, -0.2) is 21.1 Å². The number of rotatable bonds is 3. The maximum absolute atomic E-state index is 11.9. The van der Waals surface area contributed by atoms with Gasteiger partial charge >= 0.3 is 5.88 Å². The van der Waals surface area contributed by atoms with E-state index in [0.717, 1.165) is 11.8 Å². The SMILES string of the molecule is O=C1NC(=Nc2cccc(O)c2)S/C1=C\c1ccc([N+](=O)[O-])o1. The van der Waals surface area contributed by atoms with Crippen molar-refractivity contribution in [3.63, 3.8) is 0 Å². The minimum atomic E-state index is -0.654. The van der Waals surface area contributed by atoms with E-state index < -0.39 is 10.8 Å². The van der Waals surface area contributed by atoms with Crippen molar-refractivity contribution < 1.29 is 19.2 Å². The second kappa shape index (κ2) is 5.97. The molecule has 2 heterocycles. The van der Waals surface area contributed by atoms with E-state index in [2.05, 4.69) is 10.3 Å². The number of benzene rings is 1. The number of nitrogens with zero attached hydrogens (tertiary/aromatic N) is 2. The molecule has 0 aliphatic carbocycles. The summed E-state index contributed by atoms with van der Waals surface area (Å²) in [5.41, 5.74) is 0.489. The summed E-state index contributed by atoms with van der Waals surface area (Å²) in [5, 5.41) is 22.9. The van der Waals surface area contributed by atoms with Crippen LogP contribution in [0, 0.1) is 10.1 Å². The molecule has 0 atom stereocenters. The van der Waals surface area contributed by atoms with E-state index in [1.807, 2.05) is 0 Å². The number of aromatic hydroxyl groups is 1. The van der Waals surface area contributed by atoms with Crippen molar-refractivity contribution in [2.75, 3.05) is 0 Å². The van der Waals surface area contributed by atoms with Gasteiger partial charge in [-0.25, -0.2) is 4.99 Å². The average Bonchev–Trinajstić information content (AvgIpc) is 3.07.